The van der Waals surface area contributed by atoms with E-state index in [-0.39, 0.29) is 5.91 Å². The maximum atomic E-state index is 11.9. The maximum absolute atomic E-state index is 11.9. The number of halogens is 1. The van der Waals surface area contributed by atoms with Gasteiger partial charge in [-0.05, 0) is 32.0 Å². The molecule has 0 spiro atoms. The van der Waals surface area contributed by atoms with E-state index in [2.05, 4.69) is 26.0 Å². The minimum Gasteiger partial charge on any atom is -0.467 e. The molecule has 17 heavy (non-hydrogen) atoms. The Morgan fingerprint density at radius 2 is 2.00 bits per heavy atom. The first-order chi connectivity index (χ1) is 7.86. The largest absolute Gasteiger partial charge is 0.467 e. The van der Waals surface area contributed by atoms with Crippen LogP contribution in [0.2, 0.25) is 0 Å². The third-order valence-corrected chi connectivity index (χ3v) is 2.70. The predicted molar refractivity (Wildman–Crippen MR) is 67.7 cm³/mol. The van der Waals surface area contributed by atoms with Gasteiger partial charge in [-0.2, -0.15) is 0 Å². The van der Waals surface area contributed by atoms with E-state index in [1.54, 1.807) is 32.0 Å². The Hall–Kier alpha value is -1.36. The van der Waals surface area contributed by atoms with Gasteiger partial charge in [0, 0.05) is 10.0 Å². The van der Waals surface area contributed by atoms with Crippen molar-refractivity contribution >= 4 is 27.8 Å². The number of esters is 1. The zero-order valence-electron chi connectivity index (χ0n) is 9.91. The highest BCUT2D eigenvalue weighted by Gasteiger charge is 2.30. The number of hydrogen-bond acceptors (Lipinski definition) is 3. The summed E-state index contributed by atoms with van der Waals surface area (Å²) in [5.41, 5.74) is -0.565. The summed E-state index contributed by atoms with van der Waals surface area (Å²) in [6.45, 7) is 3.18. The monoisotopic (exact) mass is 299 g/mol. The first-order valence-corrected chi connectivity index (χ1v) is 5.82. The van der Waals surface area contributed by atoms with E-state index < -0.39 is 11.5 Å². The standard InChI is InChI=1S/C12H14BrNO3/c1-12(2,11(16)17-3)14-10(15)8-5-4-6-9(13)7-8/h4-7H,1-3H3,(H,14,15). The van der Waals surface area contributed by atoms with Crippen molar-refractivity contribution in [1.29, 1.82) is 0 Å². The molecule has 1 aromatic rings. The van der Waals surface area contributed by atoms with Gasteiger partial charge in [0.25, 0.3) is 5.91 Å². The number of ether oxygens (including phenoxy) is 1. The van der Waals surface area contributed by atoms with Gasteiger partial charge in [-0.3, -0.25) is 4.79 Å². The summed E-state index contributed by atoms with van der Waals surface area (Å²) in [7, 11) is 1.29. The van der Waals surface area contributed by atoms with Crippen molar-refractivity contribution < 1.29 is 14.3 Å². The highest BCUT2D eigenvalue weighted by molar-refractivity contribution is 9.10. The Kier molecular flexibility index (Phi) is 4.28. The maximum Gasteiger partial charge on any atom is 0.330 e. The summed E-state index contributed by atoms with van der Waals surface area (Å²) in [6, 6.07) is 6.93. The molecular formula is C12H14BrNO3. The Balaban J connectivity index is 2.83. The van der Waals surface area contributed by atoms with Crippen LogP contribution in [0.15, 0.2) is 28.7 Å². The van der Waals surface area contributed by atoms with Crippen LogP contribution < -0.4 is 5.32 Å². The number of methoxy groups -OCH3 is 1. The molecule has 5 heteroatoms. The lowest BCUT2D eigenvalue weighted by Crippen LogP contribution is -2.50. The zero-order valence-corrected chi connectivity index (χ0v) is 11.5. The number of benzene rings is 1. The molecule has 4 nitrogen and oxygen atoms in total. The van der Waals surface area contributed by atoms with Crippen molar-refractivity contribution in [3.8, 4) is 0 Å². The molecule has 0 aliphatic carbocycles. The molecule has 0 saturated carbocycles. The van der Waals surface area contributed by atoms with Crippen LogP contribution in [0.3, 0.4) is 0 Å². The second-order valence-electron chi connectivity index (χ2n) is 4.08. The van der Waals surface area contributed by atoms with Crippen LogP contribution in [-0.4, -0.2) is 24.5 Å². The smallest absolute Gasteiger partial charge is 0.330 e. The Morgan fingerprint density at radius 3 is 2.53 bits per heavy atom. The normalized spacial score (nSPS) is 10.8. The number of amides is 1. The first kappa shape index (κ1) is 13.7. The molecule has 0 radical (unpaired) electrons. The molecule has 1 aromatic carbocycles. The molecule has 0 heterocycles. The van der Waals surface area contributed by atoms with Crippen molar-refractivity contribution in [3.05, 3.63) is 34.3 Å². The van der Waals surface area contributed by atoms with Gasteiger partial charge in [-0.1, -0.05) is 22.0 Å². The van der Waals surface area contributed by atoms with Gasteiger partial charge < -0.3 is 10.1 Å². The second kappa shape index (κ2) is 5.31. The number of hydrogen-bond donors (Lipinski definition) is 1. The van der Waals surface area contributed by atoms with Gasteiger partial charge in [0.05, 0.1) is 7.11 Å². The van der Waals surface area contributed by atoms with Crippen LogP contribution in [0, 0.1) is 0 Å². The second-order valence-corrected chi connectivity index (χ2v) is 5.00. The first-order valence-electron chi connectivity index (χ1n) is 5.03. The van der Waals surface area contributed by atoms with Gasteiger partial charge in [0.1, 0.15) is 5.54 Å². The third kappa shape index (κ3) is 3.56. The molecule has 92 valence electrons. The molecule has 0 fully saturated rings. The topological polar surface area (TPSA) is 55.4 Å². The van der Waals surface area contributed by atoms with E-state index >= 15 is 0 Å². The molecule has 1 N–H and O–H groups in total. The fraction of sp³-hybridized carbons (Fsp3) is 0.333. The van der Waals surface area contributed by atoms with Crippen molar-refractivity contribution in [2.24, 2.45) is 0 Å². The fourth-order valence-corrected chi connectivity index (χ4v) is 1.69. The molecule has 0 saturated heterocycles. The predicted octanol–water partition coefficient (Wildman–Crippen LogP) is 2.13. The molecule has 0 aliphatic rings. The van der Waals surface area contributed by atoms with Crippen molar-refractivity contribution in [1.82, 2.24) is 5.32 Å². The highest BCUT2D eigenvalue weighted by atomic mass is 79.9. The molecule has 0 aromatic heterocycles. The van der Waals surface area contributed by atoms with E-state index in [1.807, 2.05) is 6.07 Å². The van der Waals surface area contributed by atoms with E-state index in [0.717, 1.165) is 4.47 Å². The quantitative estimate of drug-likeness (QED) is 0.870. The summed E-state index contributed by atoms with van der Waals surface area (Å²) in [5.74, 6) is -0.803. The zero-order chi connectivity index (χ0) is 13.1. The molecule has 0 bridgehead atoms. The highest BCUT2D eigenvalue weighted by Crippen LogP contribution is 2.13. The molecule has 1 rings (SSSR count). The van der Waals surface area contributed by atoms with E-state index in [0.29, 0.717) is 5.56 Å². The lowest BCUT2D eigenvalue weighted by molar-refractivity contribution is -0.146. The lowest BCUT2D eigenvalue weighted by atomic mass is 10.1. The SMILES string of the molecule is COC(=O)C(C)(C)NC(=O)c1cccc(Br)c1. The van der Waals surface area contributed by atoms with Crippen LogP contribution in [-0.2, 0) is 9.53 Å². The lowest BCUT2D eigenvalue weighted by Gasteiger charge is -2.23. The fourth-order valence-electron chi connectivity index (χ4n) is 1.29. The average molecular weight is 300 g/mol. The van der Waals surface area contributed by atoms with Gasteiger partial charge >= 0.3 is 5.97 Å². The molecule has 0 atom stereocenters. The van der Waals surface area contributed by atoms with Crippen LogP contribution in [0.4, 0.5) is 0 Å². The van der Waals surface area contributed by atoms with Gasteiger partial charge in [-0.15, -0.1) is 0 Å². The molecule has 0 aliphatic heterocycles. The molecule has 1 amide bonds. The van der Waals surface area contributed by atoms with E-state index in [1.165, 1.54) is 7.11 Å². The molecule has 0 unspecified atom stereocenters. The summed E-state index contributed by atoms with van der Waals surface area (Å²) >= 11 is 3.28. The van der Waals surface area contributed by atoms with Crippen molar-refractivity contribution in [2.45, 2.75) is 19.4 Å². The third-order valence-electron chi connectivity index (χ3n) is 2.21. The van der Waals surface area contributed by atoms with Crippen LogP contribution in [0.5, 0.6) is 0 Å². The van der Waals surface area contributed by atoms with Crippen LogP contribution in [0.25, 0.3) is 0 Å². The van der Waals surface area contributed by atoms with E-state index in [9.17, 15) is 9.59 Å². The summed E-state index contributed by atoms with van der Waals surface area (Å²) in [6.07, 6.45) is 0. The summed E-state index contributed by atoms with van der Waals surface area (Å²) in [4.78, 5) is 23.3. The van der Waals surface area contributed by atoms with Gasteiger partial charge in [0.2, 0.25) is 0 Å². The Morgan fingerprint density at radius 1 is 1.35 bits per heavy atom. The number of carbonyl (C=O) groups excluding carboxylic acids is 2. The summed E-state index contributed by atoms with van der Waals surface area (Å²) in [5, 5.41) is 2.62. The number of nitrogens with one attached hydrogen (secondary N) is 1. The van der Waals surface area contributed by atoms with Crippen molar-refractivity contribution in [3.63, 3.8) is 0 Å². The van der Waals surface area contributed by atoms with Crippen LogP contribution >= 0.6 is 15.9 Å². The number of rotatable bonds is 3. The molecular weight excluding hydrogens is 286 g/mol. The van der Waals surface area contributed by atoms with Crippen LogP contribution in [0.1, 0.15) is 24.2 Å². The van der Waals surface area contributed by atoms with Gasteiger partial charge in [0.15, 0.2) is 0 Å². The van der Waals surface area contributed by atoms with Gasteiger partial charge in [-0.25, -0.2) is 4.79 Å². The average Bonchev–Trinajstić information content (AvgIpc) is 2.27. The minimum absolute atomic E-state index is 0.318. The minimum atomic E-state index is -1.05. The Labute approximate surface area is 108 Å². The summed E-state index contributed by atoms with van der Waals surface area (Å²) < 4.78 is 5.42. The van der Waals surface area contributed by atoms with Crippen molar-refractivity contribution in [2.75, 3.05) is 7.11 Å². The van der Waals surface area contributed by atoms with E-state index in [4.69, 9.17) is 0 Å². The number of carbonyl (C=O) groups is 2. The Bertz CT molecular complexity index is 443.